The molecule has 0 saturated heterocycles. The van der Waals surface area contributed by atoms with E-state index in [4.69, 9.17) is 14.2 Å². The zero-order chi connectivity index (χ0) is 21.1. The van der Waals surface area contributed by atoms with E-state index in [0.29, 0.717) is 22.9 Å². The van der Waals surface area contributed by atoms with Gasteiger partial charge in [0.1, 0.15) is 18.0 Å². The molecule has 0 unspecified atom stereocenters. The van der Waals surface area contributed by atoms with E-state index in [1.807, 2.05) is 31.2 Å². The maximum Gasteiger partial charge on any atom is 0.304 e. The van der Waals surface area contributed by atoms with Gasteiger partial charge in [-0.25, -0.2) is 0 Å². The van der Waals surface area contributed by atoms with Crippen molar-refractivity contribution in [1.82, 2.24) is 10.6 Å². The molecule has 0 bridgehead atoms. The molecule has 0 saturated carbocycles. The third-order valence-electron chi connectivity index (χ3n) is 4.23. The van der Waals surface area contributed by atoms with Gasteiger partial charge in [0, 0.05) is 6.07 Å². The highest BCUT2D eigenvalue weighted by molar-refractivity contribution is 6.13. The van der Waals surface area contributed by atoms with Crippen molar-refractivity contribution < 1.29 is 19.0 Å². The largest absolute Gasteiger partial charge is 0.493 e. The van der Waals surface area contributed by atoms with Crippen molar-refractivity contribution in [3.05, 3.63) is 65.2 Å². The van der Waals surface area contributed by atoms with Gasteiger partial charge in [-0.15, -0.1) is 0 Å². The fourth-order valence-electron chi connectivity index (χ4n) is 2.85. The third kappa shape index (κ3) is 3.93. The Morgan fingerprint density at radius 3 is 2.73 bits per heavy atom. The number of aliphatic imine (C=N–C) groups is 2. The van der Waals surface area contributed by atoms with E-state index < -0.39 is 0 Å². The van der Waals surface area contributed by atoms with Crippen LogP contribution in [0.4, 0.5) is 0 Å². The Labute approximate surface area is 172 Å². The van der Waals surface area contributed by atoms with Crippen molar-refractivity contribution in [3.8, 4) is 23.3 Å². The molecule has 0 aromatic heterocycles. The van der Waals surface area contributed by atoms with E-state index in [1.54, 1.807) is 18.2 Å². The molecule has 150 valence electrons. The van der Waals surface area contributed by atoms with Crippen LogP contribution in [0.2, 0.25) is 0 Å². The van der Waals surface area contributed by atoms with Crippen LogP contribution < -0.4 is 24.8 Å². The first-order valence-electron chi connectivity index (χ1n) is 9.01. The second kappa shape index (κ2) is 7.97. The van der Waals surface area contributed by atoms with E-state index in [9.17, 15) is 10.1 Å². The van der Waals surface area contributed by atoms with E-state index >= 15 is 0 Å². The fourth-order valence-corrected chi connectivity index (χ4v) is 2.85. The van der Waals surface area contributed by atoms with Gasteiger partial charge in [-0.1, -0.05) is 12.1 Å². The van der Waals surface area contributed by atoms with E-state index in [1.165, 1.54) is 13.2 Å². The number of hydrogen-bond acceptors (Lipinski definition) is 8. The molecule has 2 aromatic rings. The number of rotatable bonds is 4. The summed E-state index contributed by atoms with van der Waals surface area (Å²) in [6.45, 7) is 1.91. The summed E-state index contributed by atoms with van der Waals surface area (Å²) in [5.41, 5.74) is 1.68. The molecule has 2 N–H and O–H groups in total. The number of carbonyl (C=O) groups is 1. The summed E-state index contributed by atoms with van der Waals surface area (Å²) in [6.07, 6.45) is 0. The highest BCUT2D eigenvalue weighted by atomic mass is 16.5. The average molecular weight is 403 g/mol. The van der Waals surface area contributed by atoms with Crippen LogP contribution in [0.5, 0.6) is 17.2 Å². The number of amidine groups is 2. The number of methoxy groups -OCH3 is 1. The smallest absolute Gasteiger partial charge is 0.304 e. The molecular weight excluding hydrogens is 386 g/mol. The molecule has 1 amide bonds. The number of hydrogen-bond donors (Lipinski definition) is 2. The number of aryl methyl sites for hydroxylation is 1. The second-order valence-corrected chi connectivity index (χ2v) is 6.43. The standard InChI is InChI=1S/C21H17N5O4/c1-12-4-3-5-14(8-12)29-21-25-19-18(24-17(27)11-23-19)20(26-21)30-16-9-13(10-22)6-7-15(16)28-2/h3-9H,11H2,1-2H3,(H,24,27)(H,23,25,26). The van der Waals surface area contributed by atoms with Crippen molar-refractivity contribution in [1.29, 1.82) is 5.26 Å². The van der Waals surface area contributed by atoms with Gasteiger partial charge in [0.15, 0.2) is 17.3 Å². The fraction of sp³-hybridized carbons (Fsp3) is 0.143. The summed E-state index contributed by atoms with van der Waals surface area (Å²) >= 11 is 0. The van der Waals surface area contributed by atoms with Gasteiger partial charge in [-0.2, -0.15) is 10.3 Å². The Balaban J connectivity index is 1.73. The molecule has 0 atom stereocenters. The first-order chi connectivity index (χ1) is 14.6. The minimum absolute atomic E-state index is 0.0376. The van der Waals surface area contributed by atoms with E-state index in [-0.39, 0.29) is 35.8 Å². The van der Waals surface area contributed by atoms with Gasteiger partial charge >= 0.3 is 6.02 Å². The van der Waals surface area contributed by atoms with Crippen molar-refractivity contribution in [3.63, 3.8) is 0 Å². The van der Waals surface area contributed by atoms with Gasteiger partial charge in [0.2, 0.25) is 5.91 Å². The Morgan fingerprint density at radius 2 is 1.97 bits per heavy atom. The highest BCUT2D eigenvalue weighted by Crippen LogP contribution is 2.31. The summed E-state index contributed by atoms with van der Waals surface area (Å²) in [5, 5.41) is 14.8. The second-order valence-electron chi connectivity index (χ2n) is 6.43. The number of carbonyl (C=O) groups excluding carboxylic acids is 1. The Bertz CT molecular complexity index is 1160. The number of nitriles is 1. The summed E-state index contributed by atoms with van der Waals surface area (Å²) in [7, 11) is 1.49. The predicted octanol–water partition coefficient (Wildman–Crippen LogP) is 1.99. The molecule has 30 heavy (non-hydrogen) atoms. The third-order valence-corrected chi connectivity index (χ3v) is 4.23. The predicted molar refractivity (Wildman–Crippen MR) is 108 cm³/mol. The summed E-state index contributed by atoms with van der Waals surface area (Å²) in [5.74, 6) is 1.35. The number of nitrogens with zero attached hydrogens (tertiary/aromatic N) is 3. The van der Waals surface area contributed by atoms with Crippen molar-refractivity contribution in [2.45, 2.75) is 6.92 Å². The van der Waals surface area contributed by atoms with Crippen LogP contribution in [-0.2, 0) is 4.79 Å². The van der Waals surface area contributed by atoms with Crippen LogP contribution in [0.1, 0.15) is 11.1 Å². The van der Waals surface area contributed by atoms with E-state index in [0.717, 1.165) is 5.56 Å². The average Bonchev–Trinajstić information content (AvgIpc) is 2.74. The number of fused-ring (bicyclic) bond motifs is 1. The molecule has 2 aliphatic rings. The SMILES string of the molecule is COc1ccc(C#N)cc1OC1=C2NC(=O)CN=C2NC(Oc2cccc(C)c2)=N1. The quantitative estimate of drug-likeness (QED) is 0.806. The molecule has 9 nitrogen and oxygen atoms in total. The number of benzene rings is 2. The highest BCUT2D eigenvalue weighted by Gasteiger charge is 2.29. The molecule has 0 radical (unpaired) electrons. The number of amides is 1. The minimum Gasteiger partial charge on any atom is -0.493 e. The minimum atomic E-state index is -0.298. The number of ether oxygens (including phenoxy) is 3. The monoisotopic (exact) mass is 403 g/mol. The molecule has 0 fully saturated rings. The molecule has 4 rings (SSSR count). The molecule has 0 spiro atoms. The van der Waals surface area contributed by atoms with E-state index in [2.05, 4.69) is 20.6 Å². The first kappa shape index (κ1) is 19.0. The van der Waals surface area contributed by atoms with Gasteiger partial charge in [-0.05, 0) is 36.8 Å². The number of nitrogens with one attached hydrogen (secondary N) is 2. The topological polar surface area (TPSA) is 117 Å². The van der Waals surface area contributed by atoms with Crippen LogP contribution in [0.15, 0.2) is 64.0 Å². The lowest BCUT2D eigenvalue weighted by molar-refractivity contribution is -0.119. The summed E-state index contributed by atoms with van der Waals surface area (Å²) in [4.78, 5) is 20.4. The maximum atomic E-state index is 11.9. The molecular formula is C21H17N5O4. The zero-order valence-corrected chi connectivity index (χ0v) is 16.2. The normalized spacial score (nSPS) is 15.0. The molecule has 2 aliphatic heterocycles. The molecule has 9 heteroatoms. The maximum absolute atomic E-state index is 11.9. The zero-order valence-electron chi connectivity index (χ0n) is 16.2. The molecule has 2 heterocycles. The van der Waals surface area contributed by atoms with Gasteiger partial charge in [0.25, 0.3) is 5.88 Å². The van der Waals surface area contributed by atoms with Crippen LogP contribution in [0.3, 0.4) is 0 Å². The van der Waals surface area contributed by atoms with Crippen molar-refractivity contribution in [2.75, 3.05) is 13.7 Å². The Morgan fingerprint density at radius 1 is 1.10 bits per heavy atom. The Kier molecular flexibility index (Phi) is 5.05. The van der Waals surface area contributed by atoms with Crippen LogP contribution in [0, 0.1) is 18.3 Å². The first-order valence-corrected chi connectivity index (χ1v) is 9.01. The van der Waals surface area contributed by atoms with Crippen LogP contribution >= 0.6 is 0 Å². The van der Waals surface area contributed by atoms with Crippen LogP contribution in [0.25, 0.3) is 0 Å². The van der Waals surface area contributed by atoms with Crippen molar-refractivity contribution >= 4 is 17.8 Å². The lowest BCUT2D eigenvalue weighted by atomic mass is 10.2. The van der Waals surface area contributed by atoms with Gasteiger partial charge < -0.3 is 19.5 Å². The molecule has 0 aliphatic carbocycles. The summed E-state index contributed by atoms with van der Waals surface area (Å²) < 4.78 is 17.1. The van der Waals surface area contributed by atoms with Crippen LogP contribution in [-0.4, -0.2) is 31.4 Å². The lowest BCUT2D eigenvalue weighted by Crippen LogP contribution is -2.48. The molecule has 2 aromatic carbocycles. The van der Waals surface area contributed by atoms with Crippen molar-refractivity contribution in [2.24, 2.45) is 9.98 Å². The summed E-state index contributed by atoms with van der Waals surface area (Å²) in [6, 6.07) is 14.4. The lowest BCUT2D eigenvalue weighted by Gasteiger charge is -2.25. The Hall–Kier alpha value is -4.32. The van der Waals surface area contributed by atoms with Gasteiger partial charge in [0.05, 0.1) is 18.7 Å². The van der Waals surface area contributed by atoms with Gasteiger partial charge in [-0.3, -0.25) is 15.1 Å².